The van der Waals surface area contributed by atoms with Gasteiger partial charge in [0.2, 0.25) is 0 Å². The second-order valence-corrected chi connectivity index (χ2v) is 6.33. The summed E-state index contributed by atoms with van der Waals surface area (Å²) in [6, 6.07) is 4.15. The van der Waals surface area contributed by atoms with Crippen LogP contribution < -0.4 is 10.1 Å². The third-order valence-electron chi connectivity index (χ3n) is 2.47. The predicted octanol–water partition coefficient (Wildman–Crippen LogP) is 4.36. The van der Waals surface area contributed by atoms with Crippen LogP contribution in [0.5, 0.6) is 5.75 Å². The average molecular weight is 406 g/mol. The van der Waals surface area contributed by atoms with Gasteiger partial charge in [0.1, 0.15) is 5.75 Å². The molecule has 0 fully saturated rings. The first-order chi connectivity index (χ1) is 9.20. The highest BCUT2D eigenvalue weighted by atomic mass is 79.9. The molecule has 0 radical (unpaired) electrons. The lowest BCUT2D eigenvalue weighted by molar-refractivity contribution is 0.336. The van der Waals surface area contributed by atoms with Crippen LogP contribution in [-0.4, -0.2) is 11.6 Å². The maximum atomic E-state index is 5.56. The predicted molar refractivity (Wildman–Crippen MR) is 85.7 cm³/mol. The molecule has 1 N–H and O–H groups in total. The van der Waals surface area contributed by atoms with Crippen LogP contribution in [0.1, 0.15) is 18.2 Å². The van der Waals surface area contributed by atoms with Gasteiger partial charge in [0.25, 0.3) is 0 Å². The zero-order valence-corrected chi connectivity index (χ0v) is 14.4. The number of hydrogen-bond acceptors (Lipinski definition) is 4. The quantitative estimate of drug-likeness (QED) is 0.775. The molecule has 0 unspecified atom stereocenters. The second-order valence-electron chi connectivity index (χ2n) is 3.90. The van der Waals surface area contributed by atoms with E-state index in [0.29, 0.717) is 6.61 Å². The van der Waals surface area contributed by atoms with Crippen LogP contribution in [0.15, 0.2) is 32.0 Å². The number of aromatic nitrogens is 1. The van der Waals surface area contributed by atoms with Gasteiger partial charge >= 0.3 is 0 Å². The zero-order chi connectivity index (χ0) is 13.7. The third kappa shape index (κ3) is 4.27. The van der Waals surface area contributed by atoms with E-state index in [2.05, 4.69) is 59.7 Å². The molecule has 1 aromatic heterocycles. The van der Waals surface area contributed by atoms with E-state index in [-0.39, 0.29) is 0 Å². The molecule has 102 valence electrons. The Bertz CT molecular complexity index is 508. The fraction of sp³-hybridized carbons (Fsp3) is 0.308. The smallest absolute Gasteiger partial charge is 0.147 e. The molecule has 0 bridgehead atoms. The maximum absolute atomic E-state index is 5.56. The van der Waals surface area contributed by atoms with Crippen LogP contribution in [0, 0.1) is 0 Å². The number of nitrogens with zero attached hydrogens (tertiary/aromatic N) is 1. The van der Waals surface area contributed by atoms with E-state index >= 15 is 0 Å². The first kappa shape index (κ1) is 15.0. The van der Waals surface area contributed by atoms with Gasteiger partial charge in [0.05, 0.1) is 26.8 Å². The fourth-order valence-corrected chi connectivity index (χ4v) is 3.72. The first-order valence-electron chi connectivity index (χ1n) is 5.89. The van der Waals surface area contributed by atoms with Gasteiger partial charge in [-0.1, -0.05) is 0 Å². The Morgan fingerprint density at radius 3 is 2.58 bits per heavy atom. The molecule has 1 aromatic carbocycles. The van der Waals surface area contributed by atoms with E-state index in [0.717, 1.165) is 33.5 Å². The molecule has 3 nitrogen and oxygen atoms in total. The van der Waals surface area contributed by atoms with Crippen molar-refractivity contribution in [1.29, 1.82) is 0 Å². The molecule has 0 saturated heterocycles. The normalized spacial score (nSPS) is 10.7. The number of halogens is 2. The lowest BCUT2D eigenvalue weighted by Crippen LogP contribution is -2.13. The van der Waals surface area contributed by atoms with Crippen molar-refractivity contribution < 1.29 is 4.74 Å². The molecule has 6 heteroatoms. The molecule has 0 aliphatic rings. The van der Waals surface area contributed by atoms with Crippen molar-refractivity contribution in [3.8, 4) is 5.75 Å². The number of hydrogen-bond donors (Lipinski definition) is 1. The molecule has 0 atom stereocenters. The largest absolute Gasteiger partial charge is 0.492 e. The number of ether oxygens (including phenoxy) is 1. The minimum absolute atomic E-state index is 0.651. The van der Waals surface area contributed by atoms with Crippen LogP contribution in [0.4, 0.5) is 0 Å². The van der Waals surface area contributed by atoms with Crippen molar-refractivity contribution >= 4 is 43.2 Å². The monoisotopic (exact) mass is 404 g/mol. The highest BCUT2D eigenvalue weighted by Gasteiger charge is 2.08. The highest BCUT2D eigenvalue weighted by molar-refractivity contribution is 9.11. The van der Waals surface area contributed by atoms with Gasteiger partial charge in [-0.05, 0) is 56.5 Å². The molecule has 1 heterocycles. The SMILES string of the molecule is CCOc1c(Br)cc(CNCc2cscn2)cc1Br. The molecule has 19 heavy (non-hydrogen) atoms. The summed E-state index contributed by atoms with van der Waals surface area (Å²) >= 11 is 8.69. The molecule has 0 amide bonds. The van der Waals surface area contributed by atoms with Crippen molar-refractivity contribution in [1.82, 2.24) is 10.3 Å². The standard InChI is InChI=1S/C13H14Br2N2OS/c1-2-18-13-11(14)3-9(4-12(13)15)5-16-6-10-7-19-8-17-10/h3-4,7-8,16H,2,5-6H2,1H3. The topological polar surface area (TPSA) is 34.1 Å². The highest BCUT2D eigenvalue weighted by Crippen LogP contribution is 2.34. The summed E-state index contributed by atoms with van der Waals surface area (Å²) in [7, 11) is 0. The molecule has 2 aromatic rings. The van der Waals surface area contributed by atoms with Gasteiger partial charge < -0.3 is 10.1 Å². The van der Waals surface area contributed by atoms with Crippen molar-refractivity contribution in [3.05, 3.63) is 43.2 Å². The average Bonchev–Trinajstić information content (AvgIpc) is 2.87. The molecule has 2 rings (SSSR count). The Balaban J connectivity index is 1.97. The van der Waals surface area contributed by atoms with E-state index < -0.39 is 0 Å². The lowest BCUT2D eigenvalue weighted by atomic mass is 10.2. The van der Waals surface area contributed by atoms with Crippen molar-refractivity contribution in [3.63, 3.8) is 0 Å². The van der Waals surface area contributed by atoms with E-state index in [9.17, 15) is 0 Å². The number of thiazole rings is 1. The maximum Gasteiger partial charge on any atom is 0.147 e. The Morgan fingerprint density at radius 1 is 1.26 bits per heavy atom. The summed E-state index contributed by atoms with van der Waals surface area (Å²) in [4.78, 5) is 4.24. The second kappa shape index (κ2) is 7.38. The zero-order valence-electron chi connectivity index (χ0n) is 10.5. The molecular formula is C13H14Br2N2OS. The third-order valence-corrected chi connectivity index (χ3v) is 4.28. The summed E-state index contributed by atoms with van der Waals surface area (Å²) < 4.78 is 7.50. The summed E-state index contributed by atoms with van der Waals surface area (Å²) in [5.74, 6) is 0.853. The van der Waals surface area contributed by atoms with Crippen LogP contribution in [0.25, 0.3) is 0 Å². The fourth-order valence-electron chi connectivity index (χ4n) is 1.66. The number of nitrogens with one attached hydrogen (secondary N) is 1. The number of rotatable bonds is 6. The summed E-state index contributed by atoms with van der Waals surface area (Å²) in [5.41, 5.74) is 4.12. The Labute approximate surface area is 133 Å². The summed E-state index contributed by atoms with van der Waals surface area (Å²) in [6.45, 7) is 4.20. The van der Waals surface area contributed by atoms with Gasteiger partial charge in [-0.2, -0.15) is 0 Å². The van der Waals surface area contributed by atoms with Crippen molar-refractivity contribution in [2.75, 3.05) is 6.61 Å². The Hall–Kier alpha value is -0.430. The summed E-state index contributed by atoms with van der Waals surface area (Å²) in [5, 5.41) is 5.42. The van der Waals surface area contributed by atoms with Crippen molar-refractivity contribution in [2.24, 2.45) is 0 Å². The van der Waals surface area contributed by atoms with Gasteiger partial charge in [0.15, 0.2) is 0 Å². The van der Waals surface area contributed by atoms with E-state index in [4.69, 9.17) is 4.74 Å². The Morgan fingerprint density at radius 2 is 2.00 bits per heavy atom. The van der Waals surface area contributed by atoms with Crippen LogP contribution in [-0.2, 0) is 13.1 Å². The minimum Gasteiger partial charge on any atom is -0.492 e. The molecular weight excluding hydrogens is 392 g/mol. The number of benzene rings is 1. The van der Waals surface area contributed by atoms with E-state index in [1.54, 1.807) is 11.3 Å². The Kier molecular flexibility index (Phi) is 5.81. The minimum atomic E-state index is 0.651. The lowest BCUT2D eigenvalue weighted by Gasteiger charge is -2.11. The van der Waals surface area contributed by atoms with Gasteiger partial charge in [-0.25, -0.2) is 4.98 Å². The summed E-state index contributed by atoms with van der Waals surface area (Å²) in [6.07, 6.45) is 0. The van der Waals surface area contributed by atoms with E-state index in [1.165, 1.54) is 5.56 Å². The van der Waals surface area contributed by atoms with Gasteiger partial charge in [-0.15, -0.1) is 11.3 Å². The van der Waals surface area contributed by atoms with E-state index in [1.807, 2.05) is 12.4 Å². The molecule has 0 spiro atoms. The molecule has 0 aliphatic carbocycles. The first-order valence-corrected chi connectivity index (χ1v) is 8.42. The molecule has 0 aliphatic heterocycles. The van der Waals surface area contributed by atoms with Gasteiger partial charge in [-0.3, -0.25) is 0 Å². The van der Waals surface area contributed by atoms with Crippen molar-refractivity contribution in [2.45, 2.75) is 20.0 Å². The van der Waals surface area contributed by atoms with Crippen LogP contribution >= 0.6 is 43.2 Å². The van der Waals surface area contributed by atoms with Gasteiger partial charge in [0, 0.05) is 18.5 Å². The molecule has 0 saturated carbocycles. The van der Waals surface area contributed by atoms with Crippen LogP contribution in [0.2, 0.25) is 0 Å². The van der Waals surface area contributed by atoms with Crippen LogP contribution in [0.3, 0.4) is 0 Å².